The molecule has 2 N–H and O–H groups in total. The minimum absolute atomic E-state index is 0.280. The highest BCUT2D eigenvalue weighted by molar-refractivity contribution is 9.10. The Morgan fingerprint density at radius 3 is 2.83 bits per heavy atom. The van der Waals surface area contributed by atoms with Crippen molar-refractivity contribution in [2.45, 2.75) is 45.7 Å². The molecule has 18 heavy (non-hydrogen) atoms. The molecule has 0 saturated carbocycles. The highest BCUT2D eigenvalue weighted by atomic mass is 79.9. The first-order valence-corrected chi connectivity index (χ1v) is 8.35. The fraction of sp³-hybridized carbons (Fsp3) is 0.714. The van der Waals surface area contributed by atoms with Crippen LogP contribution in [-0.4, -0.2) is 24.0 Å². The number of piperidine rings is 1. The average Bonchev–Trinajstić information content (AvgIpc) is 2.58. The number of halogens is 1. The predicted octanol–water partition coefficient (Wildman–Crippen LogP) is 3.94. The molecular weight excluding hydrogens is 308 g/mol. The Balaban J connectivity index is 2.23. The van der Waals surface area contributed by atoms with Gasteiger partial charge in [0.1, 0.15) is 0 Å². The van der Waals surface area contributed by atoms with Crippen molar-refractivity contribution in [1.82, 2.24) is 4.90 Å². The van der Waals surface area contributed by atoms with E-state index in [9.17, 15) is 0 Å². The van der Waals surface area contributed by atoms with Gasteiger partial charge in [0.15, 0.2) is 0 Å². The Bertz CT molecular complexity index is 383. The third-order valence-corrected chi connectivity index (χ3v) is 5.76. The van der Waals surface area contributed by atoms with E-state index in [0.717, 1.165) is 13.0 Å². The van der Waals surface area contributed by atoms with Gasteiger partial charge in [0.05, 0.1) is 6.04 Å². The summed E-state index contributed by atoms with van der Waals surface area (Å²) < 4.78 is 1.23. The third kappa shape index (κ3) is 3.16. The van der Waals surface area contributed by atoms with Crippen molar-refractivity contribution in [2.24, 2.45) is 11.7 Å². The van der Waals surface area contributed by atoms with Crippen LogP contribution in [0.2, 0.25) is 0 Å². The van der Waals surface area contributed by atoms with Gasteiger partial charge < -0.3 is 5.73 Å². The Morgan fingerprint density at radius 1 is 1.56 bits per heavy atom. The van der Waals surface area contributed by atoms with E-state index in [0.29, 0.717) is 12.0 Å². The molecule has 0 aliphatic carbocycles. The van der Waals surface area contributed by atoms with Crippen LogP contribution in [0, 0.1) is 12.8 Å². The van der Waals surface area contributed by atoms with E-state index in [1.807, 2.05) is 11.3 Å². The van der Waals surface area contributed by atoms with Crippen molar-refractivity contribution < 1.29 is 0 Å². The number of aryl methyl sites for hydroxylation is 1. The van der Waals surface area contributed by atoms with E-state index in [-0.39, 0.29) is 6.04 Å². The zero-order chi connectivity index (χ0) is 13.3. The minimum Gasteiger partial charge on any atom is -0.326 e. The standard InChI is InChI=1S/C14H23BrN2S/c1-9(2)8-17-6-4-5-12(16)14(17)13-7-11(15)10(3)18-13/h7,9,12,14H,4-6,8,16H2,1-3H3. The van der Waals surface area contributed by atoms with Crippen molar-refractivity contribution in [1.29, 1.82) is 0 Å². The van der Waals surface area contributed by atoms with Crippen LogP contribution in [0.3, 0.4) is 0 Å². The molecule has 1 saturated heterocycles. The summed E-state index contributed by atoms with van der Waals surface area (Å²) in [5.41, 5.74) is 6.39. The topological polar surface area (TPSA) is 29.3 Å². The van der Waals surface area contributed by atoms with Gasteiger partial charge in [0.25, 0.3) is 0 Å². The summed E-state index contributed by atoms with van der Waals surface area (Å²) in [6.45, 7) is 9.07. The molecule has 0 aromatic carbocycles. The minimum atomic E-state index is 0.280. The molecule has 1 aliphatic rings. The molecule has 0 amide bonds. The first-order valence-electron chi connectivity index (χ1n) is 6.74. The summed E-state index contributed by atoms with van der Waals surface area (Å²) >= 11 is 5.51. The molecule has 2 heterocycles. The molecule has 0 radical (unpaired) electrons. The second-order valence-corrected chi connectivity index (χ2v) is 7.83. The van der Waals surface area contributed by atoms with Gasteiger partial charge in [-0.3, -0.25) is 4.90 Å². The molecule has 2 atom stereocenters. The lowest BCUT2D eigenvalue weighted by Gasteiger charge is -2.40. The molecule has 2 unspecified atom stereocenters. The molecular formula is C14H23BrN2S. The first-order chi connectivity index (χ1) is 8.49. The summed E-state index contributed by atoms with van der Waals surface area (Å²) in [6.07, 6.45) is 2.38. The molecule has 4 heteroatoms. The van der Waals surface area contributed by atoms with E-state index in [1.165, 1.54) is 27.2 Å². The summed E-state index contributed by atoms with van der Waals surface area (Å²) in [5, 5.41) is 0. The molecule has 0 spiro atoms. The van der Waals surface area contributed by atoms with Crippen molar-refractivity contribution >= 4 is 27.3 Å². The normalized spacial score (nSPS) is 25.9. The summed E-state index contributed by atoms with van der Waals surface area (Å²) in [4.78, 5) is 5.36. The lowest BCUT2D eigenvalue weighted by atomic mass is 9.94. The van der Waals surface area contributed by atoms with Gasteiger partial charge in [-0.05, 0) is 54.2 Å². The molecule has 1 aromatic heterocycles. The Hall–Kier alpha value is 0.100. The predicted molar refractivity (Wildman–Crippen MR) is 83.1 cm³/mol. The van der Waals surface area contributed by atoms with Crippen LogP contribution < -0.4 is 5.73 Å². The Kier molecular flexibility index (Phi) is 4.86. The lowest BCUT2D eigenvalue weighted by molar-refractivity contribution is 0.116. The number of rotatable bonds is 3. The van der Waals surface area contributed by atoms with Crippen LogP contribution in [0.1, 0.15) is 42.5 Å². The molecule has 1 aromatic rings. The average molecular weight is 331 g/mol. The van der Waals surface area contributed by atoms with Crippen molar-refractivity contribution in [3.63, 3.8) is 0 Å². The van der Waals surface area contributed by atoms with Crippen molar-refractivity contribution in [3.8, 4) is 0 Å². The molecule has 2 rings (SSSR count). The monoisotopic (exact) mass is 330 g/mol. The quantitative estimate of drug-likeness (QED) is 0.909. The highest BCUT2D eigenvalue weighted by Crippen LogP contribution is 2.37. The SMILES string of the molecule is Cc1sc(C2C(N)CCCN2CC(C)C)cc1Br. The van der Waals surface area contributed by atoms with Crippen molar-refractivity contribution in [2.75, 3.05) is 13.1 Å². The van der Waals surface area contributed by atoms with Crippen LogP contribution in [0.15, 0.2) is 10.5 Å². The van der Waals surface area contributed by atoms with Crippen LogP contribution in [0.5, 0.6) is 0 Å². The molecule has 1 aliphatic heterocycles. The summed E-state index contributed by atoms with van der Waals surface area (Å²) in [5.74, 6) is 0.697. The third-order valence-electron chi connectivity index (χ3n) is 3.55. The maximum absolute atomic E-state index is 6.39. The van der Waals surface area contributed by atoms with Crippen LogP contribution in [0.4, 0.5) is 0 Å². The van der Waals surface area contributed by atoms with E-state index in [2.05, 4.69) is 47.7 Å². The number of likely N-dealkylation sites (tertiary alicyclic amines) is 1. The van der Waals surface area contributed by atoms with E-state index < -0.39 is 0 Å². The van der Waals surface area contributed by atoms with Gasteiger partial charge in [-0.2, -0.15) is 0 Å². The summed E-state index contributed by atoms with van der Waals surface area (Å²) in [7, 11) is 0. The fourth-order valence-corrected chi connectivity index (χ4v) is 4.56. The van der Waals surface area contributed by atoms with Gasteiger partial charge in [-0.1, -0.05) is 13.8 Å². The lowest BCUT2D eigenvalue weighted by Crippen LogP contribution is -2.46. The molecule has 1 fully saturated rings. The first kappa shape index (κ1) is 14.5. The van der Waals surface area contributed by atoms with E-state index in [4.69, 9.17) is 5.73 Å². The fourth-order valence-electron chi connectivity index (χ4n) is 2.79. The van der Waals surface area contributed by atoms with Gasteiger partial charge in [0, 0.05) is 26.8 Å². The molecule has 2 nitrogen and oxygen atoms in total. The largest absolute Gasteiger partial charge is 0.326 e. The summed E-state index contributed by atoms with van der Waals surface area (Å²) in [6, 6.07) is 2.96. The van der Waals surface area contributed by atoms with Gasteiger partial charge >= 0.3 is 0 Å². The maximum atomic E-state index is 6.39. The number of nitrogens with two attached hydrogens (primary N) is 1. The zero-order valence-electron chi connectivity index (χ0n) is 11.4. The van der Waals surface area contributed by atoms with E-state index in [1.54, 1.807) is 0 Å². The number of hydrogen-bond donors (Lipinski definition) is 1. The van der Waals surface area contributed by atoms with Crippen LogP contribution in [0.25, 0.3) is 0 Å². The second-order valence-electron chi connectivity index (χ2n) is 5.69. The molecule has 102 valence electrons. The Morgan fingerprint density at radius 2 is 2.28 bits per heavy atom. The zero-order valence-corrected chi connectivity index (χ0v) is 13.9. The van der Waals surface area contributed by atoms with Crippen LogP contribution in [-0.2, 0) is 0 Å². The molecule has 0 bridgehead atoms. The second kappa shape index (κ2) is 6.04. The number of nitrogens with zero attached hydrogens (tertiary/aromatic N) is 1. The number of hydrogen-bond acceptors (Lipinski definition) is 3. The maximum Gasteiger partial charge on any atom is 0.0594 e. The number of thiophene rings is 1. The van der Waals surface area contributed by atoms with Crippen molar-refractivity contribution in [3.05, 3.63) is 20.3 Å². The van der Waals surface area contributed by atoms with E-state index >= 15 is 0 Å². The Labute approximate surface area is 123 Å². The van der Waals surface area contributed by atoms with Gasteiger partial charge in [0.2, 0.25) is 0 Å². The van der Waals surface area contributed by atoms with Gasteiger partial charge in [-0.25, -0.2) is 0 Å². The van der Waals surface area contributed by atoms with Crippen LogP contribution >= 0.6 is 27.3 Å². The highest BCUT2D eigenvalue weighted by Gasteiger charge is 2.31. The smallest absolute Gasteiger partial charge is 0.0594 e. The van der Waals surface area contributed by atoms with Gasteiger partial charge in [-0.15, -0.1) is 11.3 Å².